The van der Waals surface area contributed by atoms with Gasteiger partial charge in [-0.05, 0) is 54.4 Å². The van der Waals surface area contributed by atoms with Crippen LogP contribution in [0.4, 0.5) is 0 Å². The zero-order valence-corrected chi connectivity index (χ0v) is 25.2. The topological polar surface area (TPSA) is 63.9 Å². The van der Waals surface area contributed by atoms with Gasteiger partial charge in [0.1, 0.15) is 10.7 Å². The minimum absolute atomic E-state index is 0.0502. The van der Waals surface area contributed by atoms with Crippen LogP contribution >= 0.6 is 46.3 Å². The zero-order chi connectivity index (χ0) is 27.4. The van der Waals surface area contributed by atoms with Gasteiger partial charge in [0.15, 0.2) is 11.0 Å². The van der Waals surface area contributed by atoms with Crippen LogP contribution in [0.5, 0.6) is 0 Å². The van der Waals surface area contributed by atoms with Crippen LogP contribution in [0.2, 0.25) is 10.0 Å². The molecule has 4 aromatic rings. The van der Waals surface area contributed by atoms with Crippen molar-refractivity contribution in [1.29, 1.82) is 0 Å². The van der Waals surface area contributed by atoms with Gasteiger partial charge in [0.2, 0.25) is 0 Å². The van der Waals surface area contributed by atoms with Crippen molar-refractivity contribution < 1.29 is 4.79 Å². The third-order valence-corrected chi connectivity index (χ3v) is 10.2. The second-order valence-corrected chi connectivity index (χ2v) is 14.3. The lowest BCUT2D eigenvalue weighted by Gasteiger charge is -2.39. The molecule has 1 saturated heterocycles. The number of halogens is 2. The molecule has 1 saturated carbocycles. The maximum Gasteiger partial charge on any atom is 0.273 e. The van der Waals surface area contributed by atoms with E-state index in [0.29, 0.717) is 38.5 Å². The molecule has 2 atom stereocenters. The molecule has 2 aliphatic rings. The van der Waals surface area contributed by atoms with E-state index in [4.69, 9.17) is 28.2 Å². The van der Waals surface area contributed by atoms with Gasteiger partial charge in [0, 0.05) is 23.5 Å². The lowest BCUT2D eigenvalue weighted by Crippen LogP contribution is -2.37. The number of hydrogen-bond acceptors (Lipinski definition) is 6. The molecule has 1 aliphatic carbocycles. The maximum absolute atomic E-state index is 13.5. The molecule has 10 heteroatoms. The molecule has 2 aromatic carbocycles. The average Bonchev–Trinajstić information content (AvgIpc) is 3.58. The number of benzene rings is 2. The fourth-order valence-corrected chi connectivity index (χ4v) is 8.65. The highest BCUT2D eigenvalue weighted by Gasteiger charge is 2.51. The van der Waals surface area contributed by atoms with Crippen LogP contribution in [0.1, 0.15) is 55.5 Å². The number of aromatic nitrogens is 4. The first-order valence-electron chi connectivity index (χ1n) is 13.0. The molecule has 2 bridgehead atoms. The first-order valence-corrected chi connectivity index (χ1v) is 15.6. The Morgan fingerprint density at radius 1 is 1.05 bits per heavy atom. The number of carbonyl (C=O) groups excluding carboxylic acids is 1. The number of likely N-dealkylation sites (tertiary alicyclic amines) is 1. The van der Waals surface area contributed by atoms with E-state index in [0.717, 1.165) is 42.1 Å². The predicted octanol–water partition coefficient (Wildman–Crippen LogP) is 8.03. The Bertz CT molecular complexity index is 1550. The Kier molecular flexibility index (Phi) is 7.03. The molecule has 3 heterocycles. The number of nitrogens with zero attached hydrogens (tertiary/aromatic N) is 5. The quantitative estimate of drug-likeness (QED) is 0.210. The molecular formula is C29H29Cl2N5OS2. The van der Waals surface area contributed by atoms with Crippen molar-refractivity contribution in [1.82, 2.24) is 24.6 Å². The third kappa shape index (κ3) is 5.24. The Morgan fingerprint density at radius 2 is 1.79 bits per heavy atom. The van der Waals surface area contributed by atoms with E-state index in [1.165, 1.54) is 23.1 Å². The number of thiazole rings is 1. The van der Waals surface area contributed by atoms with Crippen LogP contribution in [-0.4, -0.2) is 43.1 Å². The predicted molar refractivity (Wildman–Crippen MR) is 159 cm³/mol. The molecule has 1 amide bonds. The second kappa shape index (κ2) is 10.2. The van der Waals surface area contributed by atoms with Gasteiger partial charge in [-0.25, -0.2) is 4.98 Å². The Morgan fingerprint density at radius 3 is 2.56 bits per heavy atom. The fourth-order valence-electron chi connectivity index (χ4n) is 6.48. The summed E-state index contributed by atoms with van der Waals surface area (Å²) >= 11 is 16.1. The van der Waals surface area contributed by atoms with E-state index < -0.39 is 0 Å². The van der Waals surface area contributed by atoms with Crippen molar-refractivity contribution in [2.24, 2.45) is 10.8 Å². The van der Waals surface area contributed by atoms with E-state index in [1.807, 2.05) is 58.5 Å². The first kappa shape index (κ1) is 26.8. The molecular weight excluding hydrogens is 569 g/mol. The standard InChI is InChI=1S/C29H29Cl2N5OS2/c1-28(2)12-18-13-29(3,16-28)17-35(18)26(37)22-14-38-24(32-22)15-39-27-34-33-25(19-8-4-5-9-20(19)30)36(27)23-11-7-6-10-21(23)31/h4-11,14,18H,12-13,15-17H2,1-3H3. The highest BCUT2D eigenvalue weighted by molar-refractivity contribution is 7.98. The molecule has 2 unspecified atom stereocenters. The Hall–Kier alpha value is -2.39. The number of hydrogen-bond donors (Lipinski definition) is 0. The summed E-state index contributed by atoms with van der Waals surface area (Å²) in [7, 11) is 0. The van der Waals surface area contributed by atoms with Crippen LogP contribution in [0.15, 0.2) is 59.1 Å². The Balaban J connectivity index is 1.24. The normalized spacial score (nSPS) is 21.9. The summed E-state index contributed by atoms with van der Waals surface area (Å²) in [6, 6.07) is 15.4. The molecule has 39 heavy (non-hydrogen) atoms. The van der Waals surface area contributed by atoms with Crippen molar-refractivity contribution >= 4 is 52.2 Å². The molecule has 0 spiro atoms. The molecule has 0 N–H and O–H groups in total. The van der Waals surface area contributed by atoms with Gasteiger partial charge in [-0.2, -0.15) is 0 Å². The van der Waals surface area contributed by atoms with Crippen molar-refractivity contribution in [2.75, 3.05) is 6.54 Å². The van der Waals surface area contributed by atoms with Gasteiger partial charge in [-0.1, -0.05) is 80.0 Å². The van der Waals surface area contributed by atoms with Crippen molar-refractivity contribution in [3.63, 3.8) is 0 Å². The Labute approximate surface area is 246 Å². The summed E-state index contributed by atoms with van der Waals surface area (Å²) in [5.74, 6) is 1.22. The molecule has 2 aromatic heterocycles. The third-order valence-electron chi connectivity index (χ3n) is 7.61. The second-order valence-electron chi connectivity index (χ2n) is 11.6. The number of rotatable bonds is 6. The van der Waals surface area contributed by atoms with Crippen molar-refractivity contribution in [3.05, 3.63) is 74.7 Å². The highest BCUT2D eigenvalue weighted by Crippen LogP contribution is 2.52. The van der Waals surface area contributed by atoms with Crippen LogP contribution in [-0.2, 0) is 5.75 Å². The van der Waals surface area contributed by atoms with Crippen molar-refractivity contribution in [3.8, 4) is 17.1 Å². The largest absolute Gasteiger partial charge is 0.334 e. The SMILES string of the molecule is CC1(C)CC2CC(C)(CN2C(=O)c2csc(CSc3nnc(-c4ccccc4Cl)n3-c3ccccc3Cl)n2)C1. The van der Waals surface area contributed by atoms with Crippen LogP contribution in [0.3, 0.4) is 0 Å². The minimum atomic E-state index is 0.0502. The monoisotopic (exact) mass is 597 g/mol. The molecule has 2 fully saturated rings. The van der Waals surface area contributed by atoms with Gasteiger partial charge >= 0.3 is 0 Å². The minimum Gasteiger partial charge on any atom is -0.334 e. The van der Waals surface area contributed by atoms with Gasteiger partial charge < -0.3 is 4.90 Å². The van der Waals surface area contributed by atoms with Crippen LogP contribution in [0, 0.1) is 10.8 Å². The number of carbonyl (C=O) groups is 1. The smallest absolute Gasteiger partial charge is 0.273 e. The molecule has 0 radical (unpaired) electrons. The summed E-state index contributed by atoms with van der Waals surface area (Å²) in [4.78, 5) is 20.3. The van der Waals surface area contributed by atoms with Crippen molar-refractivity contribution in [2.45, 2.75) is 57.0 Å². The lowest BCUT2D eigenvalue weighted by molar-refractivity contribution is 0.0703. The summed E-state index contributed by atoms with van der Waals surface area (Å²) in [6.07, 6.45) is 3.29. The summed E-state index contributed by atoms with van der Waals surface area (Å²) < 4.78 is 1.93. The van der Waals surface area contributed by atoms with Crippen LogP contribution in [0.25, 0.3) is 17.1 Å². The van der Waals surface area contributed by atoms with E-state index in [1.54, 1.807) is 0 Å². The highest BCUT2D eigenvalue weighted by atomic mass is 35.5. The summed E-state index contributed by atoms with van der Waals surface area (Å²) in [6.45, 7) is 7.78. The van der Waals surface area contributed by atoms with E-state index in [9.17, 15) is 4.79 Å². The number of fused-ring (bicyclic) bond motifs is 2. The number of amides is 1. The number of thioether (sulfide) groups is 1. The fraction of sp³-hybridized carbons (Fsp3) is 0.379. The lowest BCUT2D eigenvalue weighted by atomic mass is 9.65. The van der Waals surface area contributed by atoms with Gasteiger partial charge in [0.05, 0.1) is 21.5 Å². The average molecular weight is 599 g/mol. The molecule has 6 rings (SSSR count). The first-order chi connectivity index (χ1) is 18.6. The molecule has 1 aliphatic heterocycles. The van der Waals surface area contributed by atoms with E-state index in [2.05, 4.69) is 35.9 Å². The van der Waals surface area contributed by atoms with Gasteiger partial charge in [-0.3, -0.25) is 9.36 Å². The summed E-state index contributed by atoms with van der Waals surface area (Å²) in [5, 5.41) is 13.6. The van der Waals surface area contributed by atoms with Gasteiger partial charge in [-0.15, -0.1) is 21.5 Å². The zero-order valence-electron chi connectivity index (χ0n) is 22.0. The van der Waals surface area contributed by atoms with Crippen LogP contribution < -0.4 is 0 Å². The van der Waals surface area contributed by atoms with E-state index in [-0.39, 0.29) is 16.7 Å². The molecule has 6 nitrogen and oxygen atoms in total. The van der Waals surface area contributed by atoms with Gasteiger partial charge in [0.25, 0.3) is 5.91 Å². The maximum atomic E-state index is 13.5. The van der Waals surface area contributed by atoms with E-state index >= 15 is 0 Å². The number of para-hydroxylation sites is 1. The molecule has 202 valence electrons. The summed E-state index contributed by atoms with van der Waals surface area (Å²) in [5.41, 5.74) is 2.53.